The van der Waals surface area contributed by atoms with Gasteiger partial charge >= 0.3 is 0 Å². The minimum atomic E-state index is 0.0419. The Morgan fingerprint density at radius 1 is 1.04 bits per heavy atom. The minimum absolute atomic E-state index is 0.0419. The van der Waals surface area contributed by atoms with Crippen LogP contribution in [0.5, 0.6) is 5.75 Å². The van der Waals surface area contributed by atoms with E-state index in [1.807, 2.05) is 24.3 Å². The topological polar surface area (TPSA) is 51.5 Å². The quantitative estimate of drug-likeness (QED) is 0.674. The van der Waals surface area contributed by atoms with Gasteiger partial charge < -0.3 is 14.5 Å². The van der Waals surface area contributed by atoms with Crippen molar-refractivity contribution in [3.05, 3.63) is 77.2 Å². The van der Waals surface area contributed by atoms with Gasteiger partial charge in [-0.15, -0.1) is 0 Å². The van der Waals surface area contributed by atoms with E-state index in [-0.39, 0.29) is 5.91 Å². The van der Waals surface area contributed by atoms with Gasteiger partial charge in [0.1, 0.15) is 5.75 Å². The highest BCUT2D eigenvalue weighted by Gasteiger charge is 2.09. The van der Waals surface area contributed by atoms with Crippen molar-refractivity contribution in [3.63, 3.8) is 0 Å². The van der Waals surface area contributed by atoms with Gasteiger partial charge in [-0.3, -0.25) is 4.79 Å². The van der Waals surface area contributed by atoms with Crippen molar-refractivity contribution in [2.45, 2.75) is 26.7 Å². The fourth-order valence-corrected chi connectivity index (χ4v) is 3.05. The summed E-state index contributed by atoms with van der Waals surface area (Å²) in [4.78, 5) is 12.2. The Labute approximate surface area is 160 Å². The summed E-state index contributed by atoms with van der Waals surface area (Å²) in [7, 11) is 1.66. The maximum Gasteiger partial charge on any atom is 0.224 e. The first-order valence-electron chi connectivity index (χ1n) is 9.09. The Balaban J connectivity index is 1.55. The molecule has 0 saturated heterocycles. The molecule has 3 rings (SSSR count). The summed E-state index contributed by atoms with van der Waals surface area (Å²) in [6.07, 6.45) is 4.50. The van der Waals surface area contributed by atoms with Crippen LogP contribution in [0.2, 0.25) is 0 Å². The Hall–Kier alpha value is -3.01. The van der Waals surface area contributed by atoms with Crippen LogP contribution >= 0.6 is 0 Å². The van der Waals surface area contributed by atoms with Crippen molar-refractivity contribution < 1.29 is 13.9 Å². The number of amides is 1. The second kappa shape index (κ2) is 8.58. The molecule has 0 aliphatic rings. The van der Waals surface area contributed by atoms with Crippen LogP contribution in [-0.2, 0) is 17.6 Å². The smallest absolute Gasteiger partial charge is 0.224 e. The molecule has 0 saturated carbocycles. The molecule has 2 aromatic carbocycles. The highest BCUT2D eigenvalue weighted by Crippen LogP contribution is 2.31. The summed E-state index contributed by atoms with van der Waals surface area (Å²) < 4.78 is 10.7. The van der Waals surface area contributed by atoms with Crippen LogP contribution < -0.4 is 10.1 Å². The van der Waals surface area contributed by atoms with Crippen LogP contribution in [0.4, 0.5) is 0 Å². The lowest BCUT2D eigenvalue weighted by molar-refractivity contribution is -0.120. The molecule has 0 aliphatic heterocycles. The molecule has 0 unspecified atom stereocenters. The van der Waals surface area contributed by atoms with Crippen molar-refractivity contribution in [1.29, 1.82) is 0 Å². The van der Waals surface area contributed by atoms with E-state index in [1.54, 1.807) is 19.6 Å². The molecule has 3 aromatic rings. The number of carbonyl (C=O) groups is 1. The third-order valence-electron chi connectivity index (χ3n) is 4.77. The van der Waals surface area contributed by atoms with Gasteiger partial charge in [0, 0.05) is 17.7 Å². The molecular formula is C23H25NO3. The van der Waals surface area contributed by atoms with Crippen molar-refractivity contribution in [2.24, 2.45) is 0 Å². The molecule has 27 heavy (non-hydrogen) atoms. The van der Waals surface area contributed by atoms with Crippen LogP contribution in [-0.4, -0.2) is 19.6 Å². The summed E-state index contributed by atoms with van der Waals surface area (Å²) in [5.41, 5.74) is 6.60. The van der Waals surface area contributed by atoms with Gasteiger partial charge in [0.15, 0.2) is 0 Å². The summed E-state index contributed by atoms with van der Waals surface area (Å²) in [5, 5.41) is 3.00. The Morgan fingerprint density at radius 2 is 1.85 bits per heavy atom. The van der Waals surface area contributed by atoms with Crippen molar-refractivity contribution in [1.82, 2.24) is 5.32 Å². The molecule has 4 heteroatoms. The number of furan rings is 1. The maximum atomic E-state index is 12.2. The third-order valence-corrected chi connectivity index (χ3v) is 4.77. The molecule has 4 nitrogen and oxygen atoms in total. The number of hydrogen-bond acceptors (Lipinski definition) is 3. The van der Waals surface area contributed by atoms with Crippen LogP contribution in [0, 0.1) is 13.8 Å². The molecule has 1 heterocycles. The first-order valence-corrected chi connectivity index (χ1v) is 9.09. The van der Waals surface area contributed by atoms with Gasteiger partial charge in [0.05, 0.1) is 26.1 Å². The SMILES string of the molecule is COc1cc(CCNC(=O)Cc2ccc(C)c(C)c2)ccc1-c1ccoc1. The monoisotopic (exact) mass is 363 g/mol. The van der Waals surface area contributed by atoms with E-state index in [0.29, 0.717) is 13.0 Å². The third kappa shape index (κ3) is 4.79. The van der Waals surface area contributed by atoms with E-state index >= 15 is 0 Å². The van der Waals surface area contributed by atoms with Gasteiger partial charge in [-0.25, -0.2) is 0 Å². The van der Waals surface area contributed by atoms with Gasteiger partial charge in [-0.2, -0.15) is 0 Å². The number of benzene rings is 2. The number of hydrogen-bond donors (Lipinski definition) is 1. The summed E-state index contributed by atoms with van der Waals surface area (Å²) in [5.74, 6) is 0.843. The Kier molecular flexibility index (Phi) is 5.97. The van der Waals surface area contributed by atoms with Crippen LogP contribution in [0.25, 0.3) is 11.1 Å². The zero-order valence-electron chi connectivity index (χ0n) is 16.0. The fraction of sp³-hybridized carbons (Fsp3) is 0.261. The number of carbonyl (C=O) groups excluding carboxylic acids is 1. The van der Waals surface area contributed by atoms with E-state index in [2.05, 4.69) is 37.4 Å². The van der Waals surface area contributed by atoms with Gasteiger partial charge in [0.25, 0.3) is 0 Å². The molecule has 0 fully saturated rings. The van der Waals surface area contributed by atoms with Crippen LogP contribution in [0.1, 0.15) is 22.3 Å². The van der Waals surface area contributed by atoms with Crippen LogP contribution in [0.3, 0.4) is 0 Å². The largest absolute Gasteiger partial charge is 0.496 e. The molecule has 1 amide bonds. The highest BCUT2D eigenvalue weighted by atomic mass is 16.5. The first-order chi connectivity index (χ1) is 13.1. The molecule has 0 radical (unpaired) electrons. The lowest BCUT2D eigenvalue weighted by Crippen LogP contribution is -2.27. The lowest BCUT2D eigenvalue weighted by Gasteiger charge is -2.10. The van der Waals surface area contributed by atoms with E-state index in [0.717, 1.165) is 34.4 Å². The standard InChI is InChI=1S/C23H25NO3/c1-16-4-5-19(12-17(16)2)14-23(25)24-10-8-18-6-7-21(22(13-18)26-3)20-9-11-27-15-20/h4-7,9,11-13,15H,8,10,14H2,1-3H3,(H,24,25). The van der Waals surface area contributed by atoms with E-state index < -0.39 is 0 Å². The van der Waals surface area contributed by atoms with Gasteiger partial charge in [0.2, 0.25) is 5.91 Å². The normalized spacial score (nSPS) is 10.6. The lowest BCUT2D eigenvalue weighted by atomic mass is 10.0. The van der Waals surface area contributed by atoms with Gasteiger partial charge in [-0.05, 0) is 54.7 Å². The first kappa shape index (κ1) is 18.8. The van der Waals surface area contributed by atoms with E-state index in [1.165, 1.54) is 11.1 Å². The zero-order valence-corrected chi connectivity index (χ0v) is 16.0. The highest BCUT2D eigenvalue weighted by molar-refractivity contribution is 5.78. The van der Waals surface area contributed by atoms with Crippen molar-refractivity contribution in [2.75, 3.05) is 13.7 Å². The Bertz CT molecular complexity index is 913. The van der Waals surface area contributed by atoms with E-state index in [4.69, 9.17) is 9.15 Å². The molecular weight excluding hydrogens is 338 g/mol. The van der Waals surface area contributed by atoms with E-state index in [9.17, 15) is 4.79 Å². The second-order valence-electron chi connectivity index (χ2n) is 6.74. The van der Waals surface area contributed by atoms with Crippen molar-refractivity contribution in [3.8, 4) is 16.9 Å². The number of methoxy groups -OCH3 is 1. The average Bonchev–Trinajstić information content (AvgIpc) is 3.19. The number of ether oxygens (including phenoxy) is 1. The Morgan fingerprint density at radius 3 is 2.56 bits per heavy atom. The maximum absolute atomic E-state index is 12.2. The molecule has 0 spiro atoms. The summed E-state index contributed by atoms with van der Waals surface area (Å²) in [6.45, 7) is 4.74. The van der Waals surface area contributed by atoms with Crippen LogP contribution in [0.15, 0.2) is 59.4 Å². The summed E-state index contributed by atoms with van der Waals surface area (Å²) >= 11 is 0. The predicted molar refractivity (Wildman–Crippen MR) is 107 cm³/mol. The molecule has 0 aliphatic carbocycles. The average molecular weight is 363 g/mol. The number of aryl methyl sites for hydroxylation is 2. The number of nitrogens with one attached hydrogen (secondary N) is 1. The van der Waals surface area contributed by atoms with Gasteiger partial charge in [-0.1, -0.05) is 30.3 Å². The molecule has 140 valence electrons. The molecule has 1 N–H and O–H groups in total. The minimum Gasteiger partial charge on any atom is -0.496 e. The number of rotatable bonds is 7. The fourth-order valence-electron chi connectivity index (χ4n) is 3.05. The van der Waals surface area contributed by atoms with Crippen molar-refractivity contribution >= 4 is 5.91 Å². The molecule has 0 atom stereocenters. The molecule has 0 bridgehead atoms. The second-order valence-corrected chi connectivity index (χ2v) is 6.74. The zero-order chi connectivity index (χ0) is 19.2. The molecule has 1 aromatic heterocycles. The summed E-state index contributed by atoms with van der Waals surface area (Å²) in [6, 6.07) is 14.2. The predicted octanol–water partition coefficient (Wildman–Crippen LogP) is 4.47.